The summed E-state index contributed by atoms with van der Waals surface area (Å²) in [6.07, 6.45) is 1.18. The normalized spacial score (nSPS) is 24.4. The first-order valence-corrected chi connectivity index (χ1v) is 7.99. The van der Waals surface area contributed by atoms with E-state index >= 15 is 0 Å². The summed E-state index contributed by atoms with van der Waals surface area (Å²) >= 11 is 0. The lowest BCUT2D eigenvalue weighted by molar-refractivity contribution is -0.132. The lowest BCUT2D eigenvalue weighted by atomic mass is 9.75. The smallest absolute Gasteiger partial charge is 0.227 e. The van der Waals surface area contributed by atoms with E-state index in [4.69, 9.17) is 5.14 Å². The summed E-state index contributed by atoms with van der Waals surface area (Å²) in [4.78, 5) is 12.2. The number of nitrogens with two attached hydrogens (primary N) is 1. The van der Waals surface area contributed by atoms with E-state index in [0.29, 0.717) is 19.5 Å². The Morgan fingerprint density at radius 3 is 2.61 bits per heavy atom. The zero-order valence-corrected chi connectivity index (χ0v) is 11.8. The fraction of sp³-hybridized carbons (Fsp3) is 0.909. The quantitative estimate of drug-likeness (QED) is 0.565. The molecule has 1 fully saturated rings. The van der Waals surface area contributed by atoms with Crippen LogP contribution in [0, 0.1) is 11.3 Å². The van der Waals surface area contributed by atoms with Crippen molar-refractivity contribution < 1.29 is 13.2 Å². The third kappa shape index (κ3) is 3.93. The van der Waals surface area contributed by atoms with Crippen LogP contribution in [0.3, 0.4) is 0 Å². The second-order valence-electron chi connectivity index (χ2n) is 5.21. The van der Waals surface area contributed by atoms with E-state index < -0.39 is 10.0 Å². The predicted molar refractivity (Wildman–Crippen MR) is 70.4 cm³/mol. The number of carbonyl (C=O) groups is 1. The van der Waals surface area contributed by atoms with Crippen molar-refractivity contribution in [2.45, 2.75) is 26.7 Å². The Balaban J connectivity index is 2.44. The van der Waals surface area contributed by atoms with Crippen LogP contribution in [0.5, 0.6) is 0 Å². The van der Waals surface area contributed by atoms with E-state index in [0.717, 1.165) is 13.0 Å². The highest BCUT2D eigenvalue weighted by Crippen LogP contribution is 2.34. The van der Waals surface area contributed by atoms with Gasteiger partial charge in [-0.15, -0.1) is 0 Å². The fourth-order valence-electron chi connectivity index (χ4n) is 2.31. The molecule has 1 rings (SSSR count). The molecule has 7 heteroatoms. The Labute approximate surface area is 109 Å². The van der Waals surface area contributed by atoms with Gasteiger partial charge in [0.1, 0.15) is 0 Å². The average Bonchev–Trinajstić information content (AvgIpc) is 2.72. The fourth-order valence-corrected chi connectivity index (χ4v) is 2.86. The summed E-state index contributed by atoms with van der Waals surface area (Å²) in [7, 11) is -3.44. The van der Waals surface area contributed by atoms with Crippen LogP contribution >= 0.6 is 0 Å². The highest BCUT2D eigenvalue weighted by molar-refractivity contribution is 7.89. The lowest BCUT2D eigenvalue weighted by Crippen LogP contribution is -2.46. The van der Waals surface area contributed by atoms with Crippen LogP contribution in [0.25, 0.3) is 0 Å². The molecule has 4 N–H and O–H groups in total. The Morgan fingerprint density at radius 2 is 2.17 bits per heavy atom. The van der Waals surface area contributed by atoms with Crippen LogP contribution < -0.4 is 15.8 Å². The van der Waals surface area contributed by atoms with E-state index in [1.807, 2.05) is 13.8 Å². The molecule has 106 valence electrons. The van der Waals surface area contributed by atoms with Crippen LogP contribution in [0.15, 0.2) is 0 Å². The summed E-state index contributed by atoms with van der Waals surface area (Å²) in [6, 6.07) is 0. The first kappa shape index (κ1) is 15.4. The molecule has 0 saturated carbocycles. The molecular weight excluding hydrogens is 254 g/mol. The molecule has 1 amide bonds. The van der Waals surface area contributed by atoms with E-state index in [1.54, 1.807) is 0 Å². The third-order valence-electron chi connectivity index (χ3n) is 3.64. The average molecular weight is 277 g/mol. The molecule has 18 heavy (non-hydrogen) atoms. The largest absolute Gasteiger partial charge is 0.356 e. The SMILES string of the molecule is CC(C)C1(C(=O)NCCCS(N)(=O)=O)CCNC1. The second-order valence-corrected chi connectivity index (χ2v) is 6.95. The van der Waals surface area contributed by atoms with Crippen molar-refractivity contribution in [1.29, 1.82) is 0 Å². The molecule has 0 aromatic carbocycles. The second kappa shape index (κ2) is 5.99. The number of amides is 1. The highest BCUT2D eigenvalue weighted by Gasteiger charge is 2.43. The van der Waals surface area contributed by atoms with Crippen molar-refractivity contribution >= 4 is 15.9 Å². The van der Waals surface area contributed by atoms with Gasteiger partial charge in [-0.3, -0.25) is 4.79 Å². The van der Waals surface area contributed by atoms with Crippen molar-refractivity contribution in [3.8, 4) is 0 Å². The van der Waals surface area contributed by atoms with Gasteiger partial charge in [-0.05, 0) is 25.3 Å². The van der Waals surface area contributed by atoms with Crippen LogP contribution in [-0.4, -0.2) is 39.7 Å². The van der Waals surface area contributed by atoms with Crippen LogP contribution in [0.2, 0.25) is 0 Å². The Kier molecular flexibility index (Phi) is 5.12. The molecular formula is C11H23N3O3S. The summed E-state index contributed by atoms with van der Waals surface area (Å²) in [5.41, 5.74) is -0.360. The molecule has 1 aliphatic rings. The molecule has 1 aliphatic heterocycles. The summed E-state index contributed by atoms with van der Waals surface area (Å²) in [6.45, 7) is 5.96. The summed E-state index contributed by atoms with van der Waals surface area (Å²) in [5, 5.41) is 10.9. The lowest BCUT2D eigenvalue weighted by Gasteiger charge is -2.31. The van der Waals surface area contributed by atoms with Crippen LogP contribution in [0.1, 0.15) is 26.7 Å². The Hall–Kier alpha value is -0.660. The maximum atomic E-state index is 12.2. The third-order valence-corrected chi connectivity index (χ3v) is 4.49. The highest BCUT2D eigenvalue weighted by atomic mass is 32.2. The van der Waals surface area contributed by atoms with Crippen LogP contribution in [-0.2, 0) is 14.8 Å². The monoisotopic (exact) mass is 277 g/mol. The molecule has 0 spiro atoms. The number of hydrogen-bond donors (Lipinski definition) is 3. The van der Waals surface area contributed by atoms with E-state index in [9.17, 15) is 13.2 Å². The van der Waals surface area contributed by atoms with E-state index in [-0.39, 0.29) is 23.0 Å². The molecule has 1 heterocycles. The van der Waals surface area contributed by atoms with Crippen LogP contribution in [0.4, 0.5) is 0 Å². The van der Waals surface area contributed by atoms with Crippen molar-refractivity contribution in [3.05, 3.63) is 0 Å². The molecule has 1 unspecified atom stereocenters. The van der Waals surface area contributed by atoms with Crippen molar-refractivity contribution in [2.24, 2.45) is 16.5 Å². The van der Waals surface area contributed by atoms with Gasteiger partial charge in [-0.2, -0.15) is 0 Å². The van der Waals surface area contributed by atoms with Crippen molar-refractivity contribution in [2.75, 3.05) is 25.4 Å². The molecule has 1 atom stereocenters. The minimum Gasteiger partial charge on any atom is -0.356 e. The standard InChI is InChI=1S/C11H23N3O3S/c1-9(2)11(4-6-13-8-11)10(15)14-5-3-7-18(12,16)17/h9,13H,3-8H2,1-2H3,(H,14,15)(H2,12,16,17). The minimum atomic E-state index is -3.44. The predicted octanol–water partition coefficient (Wildman–Crippen LogP) is -0.583. The van der Waals surface area contributed by atoms with Crippen molar-refractivity contribution in [3.63, 3.8) is 0 Å². The van der Waals surface area contributed by atoms with Gasteiger partial charge < -0.3 is 10.6 Å². The number of sulfonamides is 1. The first-order chi connectivity index (χ1) is 8.28. The van der Waals surface area contributed by atoms with Gasteiger partial charge in [0.05, 0.1) is 11.2 Å². The Morgan fingerprint density at radius 1 is 1.50 bits per heavy atom. The van der Waals surface area contributed by atoms with Crippen molar-refractivity contribution in [1.82, 2.24) is 10.6 Å². The maximum Gasteiger partial charge on any atom is 0.227 e. The van der Waals surface area contributed by atoms with E-state index in [2.05, 4.69) is 10.6 Å². The first-order valence-electron chi connectivity index (χ1n) is 6.27. The summed E-state index contributed by atoms with van der Waals surface area (Å²) in [5.74, 6) is 0.169. The molecule has 0 aromatic heterocycles. The number of rotatable bonds is 6. The maximum absolute atomic E-state index is 12.2. The molecule has 1 saturated heterocycles. The van der Waals surface area contributed by atoms with Gasteiger partial charge >= 0.3 is 0 Å². The van der Waals surface area contributed by atoms with Gasteiger partial charge in [-0.1, -0.05) is 13.8 Å². The Bertz CT molecular complexity index is 386. The topological polar surface area (TPSA) is 101 Å². The van der Waals surface area contributed by atoms with E-state index in [1.165, 1.54) is 0 Å². The summed E-state index contributed by atoms with van der Waals surface area (Å²) < 4.78 is 21.5. The van der Waals surface area contributed by atoms with Gasteiger partial charge in [-0.25, -0.2) is 13.6 Å². The molecule has 6 nitrogen and oxygen atoms in total. The minimum absolute atomic E-state index is 0.0110. The molecule has 0 bridgehead atoms. The molecule has 0 radical (unpaired) electrons. The van der Waals surface area contributed by atoms with Gasteiger partial charge in [0.2, 0.25) is 15.9 Å². The van der Waals surface area contributed by atoms with Gasteiger partial charge in [0, 0.05) is 13.1 Å². The van der Waals surface area contributed by atoms with Gasteiger partial charge in [0.25, 0.3) is 0 Å². The number of hydrogen-bond acceptors (Lipinski definition) is 4. The number of carbonyl (C=O) groups excluding carboxylic acids is 1. The molecule has 0 aliphatic carbocycles. The number of nitrogens with one attached hydrogen (secondary N) is 2. The van der Waals surface area contributed by atoms with Gasteiger partial charge in [0.15, 0.2) is 0 Å². The molecule has 0 aromatic rings. The zero-order valence-electron chi connectivity index (χ0n) is 11.0. The zero-order chi connectivity index (χ0) is 13.8. The number of primary sulfonamides is 1.